The van der Waals surface area contributed by atoms with Gasteiger partial charge in [0, 0.05) is 22.6 Å². The molecule has 3 atom stereocenters. The van der Waals surface area contributed by atoms with Crippen LogP contribution in [-0.2, 0) is 16.4 Å². The minimum atomic E-state index is -4.35. The van der Waals surface area contributed by atoms with E-state index in [1.54, 1.807) is 6.20 Å². The molecule has 13 heteroatoms. The zero-order valence-electron chi connectivity index (χ0n) is 24.1. The van der Waals surface area contributed by atoms with E-state index in [0.29, 0.717) is 46.7 Å². The first-order valence-corrected chi connectivity index (χ1v) is 16.2. The molecule has 4 aromatic rings. The smallest absolute Gasteiger partial charge is 0.262 e. The number of aromatic nitrogens is 2. The summed E-state index contributed by atoms with van der Waals surface area (Å²) in [4.78, 5) is 8.90. The number of fused-ring (bicyclic) bond motifs is 2. The van der Waals surface area contributed by atoms with Crippen LogP contribution in [0.1, 0.15) is 42.9 Å². The standard InChI is InChI=1S/C31H32ClF2N5O4S/c1-35-14-16-3-4-20(9-16)37-31-36-15-18-10-17(11-26(43-2)30(18)38-31)28-23(33)6-7-24(29(28)34)39-44(41,42)27-13-19(32)12-22-21(27)5-8-25(22)40/h6-7,10-13,15-16,20,25,35,39-40H,3-5,8-9,14H2,1-2H3,(H,36,37,38)/t16?,20-,25-/m1/s1. The van der Waals surface area contributed by atoms with Crippen molar-refractivity contribution >= 4 is 44.2 Å². The van der Waals surface area contributed by atoms with Crippen molar-refractivity contribution in [2.24, 2.45) is 5.92 Å². The number of hydrogen-bond donors (Lipinski definition) is 4. The topological polar surface area (TPSA) is 125 Å². The molecule has 0 saturated heterocycles. The van der Waals surface area contributed by atoms with E-state index in [0.717, 1.165) is 37.9 Å². The van der Waals surface area contributed by atoms with E-state index in [2.05, 4.69) is 25.3 Å². The summed E-state index contributed by atoms with van der Waals surface area (Å²) in [5.74, 6) is -0.701. The van der Waals surface area contributed by atoms with Crippen molar-refractivity contribution in [3.8, 4) is 16.9 Å². The lowest BCUT2D eigenvalue weighted by molar-refractivity contribution is 0.180. The molecule has 1 heterocycles. The van der Waals surface area contributed by atoms with Crippen molar-refractivity contribution < 1.29 is 27.0 Å². The quantitative estimate of drug-likeness (QED) is 0.180. The van der Waals surface area contributed by atoms with Crippen LogP contribution in [0.4, 0.5) is 20.4 Å². The number of halogens is 3. The normalized spacial score (nSPS) is 19.7. The van der Waals surface area contributed by atoms with Crippen LogP contribution in [0.15, 0.2) is 47.5 Å². The molecule has 1 saturated carbocycles. The van der Waals surface area contributed by atoms with Gasteiger partial charge < -0.3 is 20.5 Å². The van der Waals surface area contributed by atoms with Gasteiger partial charge in [-0.05, 0) is 105 Å². The molecule has 6 rings (SSSR count). The first kappa shape index (κ1) is 30.4. The number of hydrogen-bond acceptors (Lipinski definition) is 8. The van der Waals surface area contributed by atoms with Gasteiger partial charge in [0.1, 0.15) is 17.1 Å². The van der Waals surface area contributed by atoms with E-state index in [1.807, 2.05) is 7.05 Å². The molecule has 4 N–H and O–H groups in total. The number of aliphatic hydroxyl groups excluding tert-OH is 1. The third-order valence-corrected chi connectivity index (χ3v) is 10.0. The van der Waals surface area contributed by atoms with Crippen LogP contribution in [0.25, 0.3) is 22.0 Å². The Kier molecular flexibility index (Phi) is 8.35. The fraction of sp³-hybridized carbons (Fsp3) is 0.355. The van der Waals surface area contributed by atoms with Crippen LogP contribution >= 0.6 is 11.6 Å². The fourth-order valence-electron chi connectivity index (χ4n) is 6.31. The zero-order valence-corrected chi connectivity index (χ0v) is 25.7. The summed E-state index contributed by atoms with van der Waals surface area (Å²) in [5, 5.41) is 17.5. The molecule has 0 bridgehead atoms. The maximum atomic E-state index is 16.0. The van der Waals surface area contributed by atoms with Crippen LogP contribution < -0.4 is 20.1 Å². The van der Waals surface area contributed by atoms with Gasteiger partial charge in [-0.2, -0.15) is 0 Å². The number of nitrogens with one attached hydrogen (secondary N) is 3. The van der Waals surface area contributed by atoms with Gasteiger partial charge in [0.25, 0.3) is 10.0 Å². The molecule has 0 spiro atoms. The van der Waals surface area contributed by atoms with Gasteiger partial charge in [0.2, 0.25) is 5.95 Å². The van der Waals surface area contributed by atoms with E-state index in [9.17, 15) is 13.5 Å². The molecule has 1 unspecified atom stereocenters. The van der Waals surface area contributed by atoms with Gasteiger partial charge >= 0.3 is 0 Å². The van der Waals surface area contributed by atoms with Crippen LogP contribution in [0.3, 0.4) is 0 Å². The molecule has 0 amide bonds. The molecule has 2 aliphatic rings. The van der Waals surface area contributed by atoms with Crippen LogP contribution in [0.5, 0.6) is 5.75 Å². The SMILES string of the molecule is CNCC1CC[C@@H](Nc2ncc3cc(-c4c(F)ccc(NS(=O)(=O)c5cc(Cl)cc6c5CC[C@H]6O)c4F)cc(OC)c3n2)C1. The van der Waals surface area contributed by atoms with E-state index < -0.39 is 39.0 Å². The van der Waals surface area contributed by atoms with E-state index in [-0.39, 0.29) is 27.3 Å². The molecule has 232 valence electrons. The highest BCUT2D eigenvalue weighted by Crippen LogP contribution is 2.40. The molecule has 2 aliphatic carbocycles. The number of nitrogens with zero attached hydrogens (tertiary/aromatic N) is 2. The molecule has 1 aromatic heterocycles. The summed E-state index contributed by atoms with van der Waals surface area (Å²) in [6, 6.07) is 8.03. The third kappa shape index (κ3) is 5.79. The lowest BCUT2D eigenvalue weighted by Gasteiger charge is -2.16. The Bertz CT molecular complexity index is 1860. The number of rotatable bonds is 9. The summed E-state index contributed by atoms with van der Waals surface area (Å²) >= 11 is 6.15. The van der Waals surface area contributed by atoms with Crippen molar-refractivity contribution in [3.05, 3.63) is 70.4 Å². The summed E-state index contributed by atoms with van der Waals surface area (Å²) < 4.78 is 65.9. The molecule has 0 aliphatic heterocycles. The fourth-order valence-corrected chi connectivity index (χ4v) is 7.99. The Labute approximate surface area is 259 Å². The van der Waals surface area contributed by atoms with Gasteiger partial charge in [-0.25, -0.2) is 27.2 Å². The monoisotopic (exact) mass is 643 g/mol. The third-order valence-electron chi connectivity index (χ3n) is 8.38. The highest BCUT2D eigenvalue weighted by Gasteiger charge is 2.30. The van der Waals surface area contributed by atoms with Gasteiger partial charge in [0.15, 0.2) is 5.82 Å². The van der Waals surface area contributed by atoms with Gasteiger partial charge in [0.05, 0.1) is 29.4 Å². The van der Waals surface area contributed by atoms with Crippen molar-refractivity contribution in [1.82, 2.24) is 15.3 Å². The molecule has 3 aromatic carbocycles. The average Bonchev–Trinajstić information content (AvgIpc) is 3.59. The second-order valence-corrected chi connectivity index (χ2v) is 13.4. The molecule has 44 heavy (non-hydrogen) atoms. The lowest BCUT2D eigenvalue weighted by Crippen LogP contribution is -2.20. The second kappa shape index (κ2) is 12.1. The van der Waals surface area contributed by atoms with E-state index >= 15 is 8.78 Å². The number of benzene rings is 3. The van der Waals surface area contributed by atoms with E-state index in [4.69, 9.17) is 16.3 Å². The maximum Gasteiger partial charge on any atom is 0.262 e. The molecule has 1 fully saturated rings. The number of ether oxygens (including phenoxy) is 1. The molecular formula is C31H32ClF2N5O4S. The van der Waals surface area contributed by atoms with Crippen molar-refractivity contribution in [2.45, 2.75) is 49.1 Å². The van der Waals surface area contributed by atoms with Crippen LogP contribution in [0.2, 0.25) is 5.02 Å². The highest BCUT2D eigenvalue weighted by molar-refractivity contribution is 7.92. The summed E-state index contributed by atoms with van der Waals surface area (Å²) in [5.41, 5.74) is 0.525. The zero-order chi connectivity index (χ0) is 31.2. The second-order valence-electron chi connectivity index (χ2n) is 11.3. The maximum absolute atomic E-state index is 16.0. The summed E-state index contributed by atoms with van der Waals surface area (Å²) in [7, 11) is -0.973. The average molecular weight is 644 g/mol. The summed E-state index contributed by atoms with van der Waals surface area (Å²) in [6.07, 6.45) is 4.49. The Morgan fingerprint density at radius 3 is 2.73 bits per heavy atom. The van der Waals surface area contributed by atoms with Crippen LogP contribution in [0, 0.1) is 17.6 Å². The number of anilines is 2. The molecule has 9 nitrogen and oxygen atoms in total. The minimum absolute atomic E-state index is 0.118. The predicted molar refractivity (Wildman–Crippen MR) is 166 cm³/mol. The number of aliphatic hydroxyl groups is 1. The Morgan fingerprint density at radius 2 is 1.95 bits per heavy atom. The highest BCUT2D eigenvalue weighted by atomic mass is 35.5. The molecule has 0 radical (unpaired) electrons. The number of methoxy groups -OCH3 is 1. The van der Waals surface area contributed by atoms with Gasteiger partial charge in [-0.1, -0.05) is 11.6 Å². The molecular weight excluding hydrogens is 612 g/mol. The Morgan fingerprint density at radius 1 is 1.14 bits per heavy atom. The predicted octanol–water partition coefficient (Wildman–Crippen LogP) is 5.82. The van der Waals surface area contributed by atoms with E-state index in [1.165, 1.54) is 31.4 Å². The Hall–Kier alpha value is -3.58. The largest absolute Gasteiger partial charge is 0.494 e. The Balaban J connectivity index is 1.33. The first-order chi connectivity index (χ1) is 21.1. The first-order valence-electron chi connectivity index (χ1n) is 14.4. The van der Waals surface area contributed by atoms with Gasteiger partial charge in [-0.15, -0.1) is 0 Å². The van der Waals surface area contributed by atoms with Crippen LogP contribution in [-0.4, -0.2) is 50.2 Å². The minimum Gasteiger partial charge on any atom is -0.494 e. The van der Waals surface area contributed by atoms with Gasteiger partial charge in [-0.3, -0.25) is 4.72 Å². The van der Waals surface area contributed by atoms with Crippen molar-refractivity contribution in [1.29, 1.82) is 0 Å². The lowest BCUT2D eigenvalue weighted by atomic mass is 10.0. The van der Waals surface area contributed by atoms with Crippen molar-refractivity contribution in [2.75, 3.05) is 30.7 Å². The number of sulfonamides is 1. The summed E-state index contributed by atoms with van der Waals surface area (Å²) in [6.45, 7) is 0.954. The van der Waals surface area contributed by atoms with Crippen molar-refractivity contribution in [3.63, 3.8) is 0 Å².